The molecule has 0 atom stereocenters. The maximum atomic E-state index is 12.7. The first-order chi connectivity index (χ1) is 18.9. The highest BCUT2D eigenvalue weighted by Gasteiger charge is 2.24. The first-order valence-electron chi connectivity index (χ1n) is 13.3. The molecule has 3 aromatic rings. The van der Waals surface area contributed by atoms with Crippen LogP contribution in [-0.4, -0.2) is 71.0 Å². The van der Waals surface area contributed by atoms with Gasteiger partial charge in [0, 0.05) is 50.6 Å². The van der Waals surface area contributed by atoms with Crippen LogP contribution in [0, 0.1) is 5.92 Å². The van der Waals surface area contributed by atoms with Crippen molar-refractivity contribution in [3.8, 4) is 5.88 Å². The van der Waals surface area contributed by atoms with Crippen LogP contribution in [0.5, 0.6) is 5.88 Å². The van der Waals surface area contributed by atoms with E-state index in [1.807, 2.05) is 30.3 Å². The van der Waals surface area contributed by atoms with Crippen molar-refractivity contribution in [1.82, 2.24) is 19.8 Å². The van der Waals surface area contributed by atoms with Crippen molar-refractivity contribution in [3.05, 3.63) is 77.1 Å². The number of likely N-dealkylation sites (tertiary alicyclic amines) is 1. The third-order valence-corrected chi connectivity index (χ3v) is 7.48. The summed E-state index contributed by atoms with van der Waals surface area (Å²) in [5, 5.41) is 3.44. The van der Waals surface area contributed by atoms with E-state index in [0.29, 0.717) is 42.5 Å². The Balaban J connectivity index is 1.07. The van der Waals surface area contributed by atoms with Gasteiger partial charge in [0.2, 0.25) is 5.88 Å². The lowest BCUT2D eigenvalue weighted by Gasteiger charge is -2.34. The van der Waals surface area contributed by atoms with Crippen LogP contribution in [0.3, 0.4) is 0 Å². The minimum Gasteiger partial charge on any atom is -0.391 e. The number of anilines is 2. The Hall–Kier alpha value is -3.69. The third-order valence-electron chi connectivity index (χ3n) is 7.26. The molecule has 0 spiro atoms. The van der Waals surface area contributed by atoms with E-state index in [4.69, 9.17) is 16.3 Å². The SMILES string of the molecule is CC1CCN(Cc2ccc(C(=O)Nc3ccc(OC(=O)N4CCN(c5ccc(Cl)cn5)CC4)nc3)cc2)CC1. The van der Waals surface area contributed by atoms with Crippen LogP contribution in [0.2, 0.25) is 5.02 Å². The number of pyridine rings is 2. The minimum absolute atomic E-state index is 0.177. The number of nitrogens with one attached hydrogen (secondary N) is 1. The largest absolute Gasteiger partial charge is 0.416 e. The number of nitrogens with zero attached hydrogens (tertiary/aromatic N) is 5. The Bertz CT molecular complexity index is 1250. The monoisotopic (exact) mass is 548 g/mol. The van der Waals surface area contributed by atoms with E-state index in [1.54, 1.807) is 29.3 Å². The summed E-state index contributed by atoms with van der Waals surface area (Å²) in [6.45, 7) is 7.77. The number of benzene rings is 1. The number of halogens is 1. The number of rotatable bonds is 6. The molecule has 0 aliphatic carbocycles. The fourth-order valence-corrected chi connectivity index (χ4v) is 4.90. The number of piperazine rings is 1. The standard InChI is InChI=1S/C29H33ClN6O3/c1-21-10-12-34(13-11-21)20-22-2-4-23(5-3-22)28(37)33-25-7-9-27(32-19-25)39-29(38)36-16-14-35(15-17-36)26-8-6-24(30)18-31-26/h2-9,18-19,21H,10-17,20H2,1H3,(H,33,37). The summed E-state index contributed by atoms with van der Waals surface area (Å²) < 4.78 is 5.44. The molecule has 2 aliphatic heterocycles. The number of aromatic nitrogens is 2. The molecule has 10 heteroatoms. The summed E-state index contributed by atoms with van der Waals surface area (Å²) in [4.78, 5) is 40.0. The van der Waals surface area contributed by atoms with Crippen molar-refractivity contribution in [3.63, 3.8) is 0 Å². The van der Waals surface area contributed by atoms with Gasteiger partial charge < -0.3 is 19.9 Å². The van der Waals surface area contributed by atoms with Gasteiger partial charge in [-0.3, -0.25) is 9.69 Å². The van der Waals surface area contributed by atoms with Crippen molar-refractivity contribution in [2.75, 3.05) is 49.5 Å². The molecule has 39 heavy (non-hydrogen) atoms. The Morgan fingerprint density at radius 1 is 0.923 bits per heavy atom. The highest BCUT2D eigenvalue weighted by molar-refractivity contribution is 6.30. The molecule has 0 saturated carbocycles. The molecule has 2 amide bonds. The van der Waals surface area contributed by atoms with Crippen LogP contribution in [0.1, 0.15) is 35.7 Å². The molecule has 5 rings (SSSR count). The predicted octanol–water partition coefficient (Wildman–Crippen LogP) is 4.94. The molecule has 0 radical (unpaired) electrons. The van der Waals surface area contributed by atoms with Crippen LogP contribution >= 0.6 is 11.6 Å². The molecule has 204 valence electrons. The zero-order valence-electron chi connectivity index (χ0n) is 22.1. The Labute approximate surface area is 233 Å². The van der Waals surface area contributed by atoms with E-state index < -0.39 is 6.09 Å². The zero-order chi connectivity index (χ0) is 27.2. The quantitative estimate of drug-likeness (QED) is 0.467. The van der Waals surface area contributed by atoms with E-state index in [0.717, 1.165) is 31.4 Å². The molecule has 0 bridgehead atoms. The molecular weight excluding hydrogens is 516 g/mol. The van der Waals surface area contributed by atoms with Gasteiger partial charge in [0.05, 0.1) is 16.9 Å². The van der Waals surface area contributed by atoms with Crippen LogP contribution < -0.4 is 15.0 Å². The van der Waals surface area contributed by atoms with Gasteiger partial charge in [-0.25, -0.2) is 14.8 Å². The Kier molecular flexibility index (Phi) is 8.58. The minimum atomic E-state index is -0.456. The van der Waals surface area contributed by atoms with Gasteiger partial charge >= 0.3 is 6.09 Å². The number of hydrogen-bond donors (Lipinski definition) is 1. The number of hydrogen-bond acceptors (Lipinski definition) is 7. The van der Waals surface area contributed by atoms with Crippen molar-refractivity contribution in [1.29, 1.82) is 0 Å². The lowest BCUT2D eigenvalue weighted by molar-refractivity contribution is 0.102. The van der Waals surface area contributed by atoms with Crippen LogP contribution in [0.15, 0.2) is 60.9 Å². The number of carbonyl (C=O) groups excluding carboxylic acids is 2. The molecule has 2 saturated heterocycles. The molecule has 1 aromatic carbocycles. The molecule has 0 unspecified atom stereocenters. The highest BCUT2D eigenvalue weighted by atomic mass is 35.5. The second-order valence-corrected chi connectivity index (χ2v) is 10.6. The number of piperidine rings is 1. The second-order valence-electron chi connectivity index (χ2n) is 10.2. The van der Waals surface area contributed by atoms with Crippen molar-refractivity contribution < 1.29 is 14.3 Å². The lowest BCUT2D eigenvalue weighted by Crippen LogP contribution is -2.49. The van der Waals surface area contributed by atoms with Crippen molar-refractivity contribution >= 4 is 35.1 Å². The number of amides is 2. The smallest absolute Gasteiger partial charge is 0.391 e. The predicted molar refractivity (Wildman–Crippen MR) is 151 cm³/mol. The summed E-state index contributed by atoms with van der Waals surface area (Å²) >= 11 is 5.91. The van der Waals surface area contributed by atoms with Gasteiger partial charge in [-0.15, -0.1) is 0 Å². The zero-order valence-corrected chi connectivity index (χ0v) is 22.8. The Morgan fingerprint density at radius 3 is 2.31 bits per heavy atom. The van der Waals surface area contributed by atoms with E-state index in [2.05, 4.69) is 32.0 Å². The molecule has 9 nitrogen and oxygen atoms in total. The van der Waals surface area contributed by atoms with Gasteiger partial charge in [0.15, 0.2) is 0 Å². The van der Waals surface area contributed by atoms with E-state index in [-0.39, 0.29) is 11.8 Å². The van der Waals surface area contributed by atoms with E-state index in [9.17, 15) is 9.59 Å². The Morgan fingerprint density at radius 2 is 1.67 bits per heavy atom. The fourth-order valence-electron chi connectivity index (χ4n) is 4.78. The highest BCUT2D eigenvalue weighted by Crippen LogP contribution is 2.20. The topological polar surface area (TPSA) is 90.9 Å². The fraction of sp³-hybridized carbons (Fsp3) is 0.379. The maximum Gasteiger partial charge on any atom is 0.416 e. The lowest BCUT2D eigenvalue weighted by atomic mass is 9.99. The van der Waals surface area contributed by atoms with Gasteiger partial charge in [-0.05, 0) is 67.7 Å². The normalized spacial score (nSPS) is 16.7. The van der Waals surface area contributed by atoms with Gasteiger partial charge in [-0.2, -0.15) is 0 Å². The van der Waals surface area contributed by atoms with Gasteiger partial charge in [0.25, 0.3) is 5.91 Å². The molecule has 2 fully saturated rings. The summed E-state index contributed by atoms with van der Waals surface area (Å²) in [6.07, 6.45) is 5.12. The first-order valence-corrected chi connectivity index (χ1v) is 13.7. The molecule has 1 N–H and O–H groups in total. The number of ether oxygens (including phenoxy) is 1. The van der Waals surface area contributed by atoms with E-state index >= 15 is 0 Å². The first kappa shape index (κ1) is 26.9. The average Bonchev–Trinajstić information content (AvgIpc) is 2.96. The van der Waals surface area contributed by atoms with Crippen molar-refractivity contribution in [2.24, 2.45) is 5.92 Å². The van der Waals surface area contributed by atoms with Gasteiger partial charge in [0.1, 0.15) is 5.82 Å². The number of carbonyl (C=O) groups is 2. The second kappa shape index (κ2) is 12.4. The van der Waals surface area contributed by atoms with E-state index in [1.165, 1.54) is 24.6 Å². The molecule has 4 heterocycles. The summed E-state index contributed by atoms with van der Waals surface area (Å²) in [5.74, 6) is 1.60. The average molecular weight is 549 g/mol. The summed E-state index contributed by atoms with van der Waals surface area (Å²) in [5.41, 5.74) is 2.31. The third kappa shape index (κ3) is 7.25. The molecule has 2 aromatic heterocycles. The van der Waals surface area contributed by atoms with Gasteiger partial charge in [-0.1, -0.05) is 30.7 Å². The maximum absolute atomic E-state index is 12.7. The van der Waals surface area contributed by atoms with Crippen molar-refractivity contribution in [2.45, 2.75) is 26.3 Å². The van der Waals surface area contributed by atoms with Crippen LogP contribution in [0.25, 0.3) is 0 Å². The molecular formula is C29H33ClN6O3. The summed E-state index contributed by atoms with van der Waals surface area (Å²) in [7, 11) is 0. The van der Waals surface area contributed by atoms with Crippen LogP contribution in [0.4, 0.5) is 16.3 Å². The van der Waals surface area contributed by atoms with Crippen LogP contribution in [-0.2, 0) is 6.54 Å². The molecule has 2 aliphatic rings. The summed E-state index contributed by atoms with van der Waals surface area (Å²) in [6, 6.07) is 14.6.